The summed E-state index contributed by atoms with van der Waals surface area (Å²) >= 11 is 0. The molecule has 4 heteroatoms. The molecule has 0 saturated carbocycles. The Bertz CT molecular complexity index is 441. The maximum atomic E-state index is 13.5. The van der Waals surface area contributed by atoms with Crippen LogP contribution in [0.4, 0.5) is 4.39 Å². The van der Waals surface area contributed by atoms with Crippen molar-refractivity contribution in [2.75, 3.05) is 13.1 Å². The third-order valence-electron chi connectivity index (χ3n) is 3.41. The minimum Gasteiger partial charge on any atom is -0.330 e. The second-order valence-corrected chi connectivity index (χ2v) is 4.35. The highest BCUT2D eigenvalue weighted by Crippen LogP contribution is 2.28. The highest BCUT2D eigenvalue weighted by molar-refractivity contribution is 5.98. The van der Waals surface area contributed by atoms with Crippen LogP contribution in [-0.2, 0) is 6.54 Å². The first-order chi connectivity index (χ1) is 7.77. The average Bonchev–Trinajstić information content (AvgIpc) is 2.88. The molecule has 0 bridgehead atoms. The van der Waals surface area contributed by atoms with Crippen molar-refractivity contribution < 1.29 is 9.18 Å². The van der Waals surface area contributed by atoms with Crippen LogP contribution in [0.15, 0.2) is 18.2 Å². The predicted molar refractivity (Wildman–Crippen MR) is 57.5 cm³/mol. The van der Waals surface area contributed by atoms with Crippen molar-refractivity contribution in [1.29, 1.82) is 0 Å². The third-order valence-corrected chi connectivity index (χ3v) is 3.41. The SMILES string of the molecule is O=C1c2cccc(F)c2CN1[C@@H]1CCNC1. The largest absolute Gasteiger partial charge is 0.330 e. The van der Waals surface area contributed by atoms with Crippen LogP contribution >= 0.6 is 0 Å². The normalized spacial score (nSPS) is 23.9. The zero-order valence-corrected chi connectivity index (χ0v) is 8.87. The molecule has 1 amide bonds. The standard InChI is InChI=1S/C12H13FN2O/c13-11-3-1-2-9-10(11)7-15(12(9)16)8-4-5-14-6-8/h1-3,8,14H,4-7H2/t8-/m1/s1. The molecule has 1 atom stereocenters. The van der Waals surface area contributed by atoms with Gasteiger partial charge in [-0.2, -0.15) is 0 Å². The van der Waals surface area contributed by atoms with Crippen molar-refractivity contribution in [3.63, 3.8) is 0 Å². The lowest BCUT2D eigenvalue weighted by Crippen LogP contribution is -2.36. The molecule has 2 aliphatic rings. The minimum absolute atomic E-state index is 0.0248. The van der Waals surface area contributed by atoms with Crippen LogP contribution in [0.25, 0.3) is 0 Å². The Morgan fingerprint density at radius 3 is 3.00 bits per heavy atom. The van der Waals surface area contributed by atoms with Crippen LogP contribution in [0.1, 0.15) is 22.3 Å². The highest BCUT2D eigenvalue weighted by atomic mass is 19.1. The molecule has 16 heavy (non-hydrogen) atoms. The first kappa shape index (κ1) is 9.78. The van der Waals surface area contributed by atoms with Gasteiger partial charge in [-0.3, -0.25) is 4.79 Å². The molecule has 0 unspecified atom stereocenters. The van der Waals surface area contributed by atoms with Gasteiger partial charge in [-0.1, -0.05) is 6.07 Å². The third kappa shape index (κ3) is 1.33. The number of rotatable bonds is 1. The molecular weight excluding hydrogens is 207 g/mol. The molecule has 0 spiro atoms. The predicted octanol–water partition coefficient (Wildman–Crippen LogP) is 1.14. The highest BCUT2D eigenvalue weighted by Gasteiger charge is 2.35. The summed E-state index contributed by atoms with van der Waals surface area (Å²) < 4.78 is 13.5. The van der Waals surface area contributed by atoms with Crippen molar-refractivity contribution >= 4 is 5.91 Å². The van der Waals surface area contributed by atoms with Crippen LogP contribution in [0.5, 0.6) is 0 Å². The molecule has 2 heterocycles. The van der Waals surface area contributed by atoms with E-state index in [-0.39, 0.29) is 17.8 Å². The molecule has 1 N–H and O–H groups in total. The van der Waals surface area contributed by atoms with Gasteiger partial charge in [-0.25, -0.2) is 4.39 Å². The van der Waals surface area contributed by atoms with Crippen molar-refractivity contribution in [2.24, 2.45) is 0 Å². The van der Waals surface area contributed by atoms with Gasteiger partial charge >= 0.3 is 0 Å². The summed E-state index contributed by atoms with van der Waals surface area (Å²) in [5.74, 6) is -0.289. The average molecular weight is 220 g/mol. The Labute approximate surface area is 93.2 Å². The lowest BCUT2D eigenvalue weighted by molar-refractivity contribution is 0.0717. The van der Waals surface area contributed by atoms with E-state index in [1.54, 1.807) is 17.0 Å². The lowest BCUT2D eigenvalue weighted by atomic mass is 10.1. The van der Waals surface area contributed by atoms with E-state index in [1.807, 2.05) is 0 Å². The summed E-state index contributed by atoms with van der Waals surface area (Å²) in [7, 11) is 0. The number of nitrogens with zero attached hydrogens (tertiary/aromatic N) is 1. The van der Waals surface area contributed by atoms with Gasteiger partial charge in [0.25, 0.3) is 5.91 Å². The number of carbonyl (C=O) groups excluding carboxylic acids is 1. The van der Waals surface area contributed by atoms with Gasteiger partial charge in [0.05, 0.1) is 6.54 Å². The zero-order chi connectivity index (χ0) is 11.1. The molecule has 1 fully saturated rings. The van der Waals surface area contributed by atoms with Crippen LogP contribution < -0.4 is 5.32 Å². The van der Waals surface area contributed by atoms with E-state index in [0.29, 0.717) is 17.7 Å². The molecule has 84 valence electrons. The Balaban J connectivity index is 1.94. The monoisotopic (exact) mass is 220 g/mol. The summed E-state index contributed by atoms with van der Waals surface area (Å²) in [6.07, 6.45) is 0.960. The maximum absolute atomic E-state index is 13.5. The summed E-state index contributed by atoms with van der Waals surface area (Å²) in [6, 6.07) is 4.95. The second kappa shape index (κ2) is 3.56. The van der Waals surface area contributed by atoms with Crippen LogP contribution in [0.2, 0.25) is 0 Å². The van der Waals surface area contributed by atoms with E-state index < -0.39 is 0 Å². The van der Waals surface area contributed by atoms with Gasteiger partial charge in [-0.15, -0.1) is 0 Å². The fraction of sp³-hybridized carbons (Fsp3) is 0.417. The maximum Gasteiger partial charge on any atom is 0.254 e. The number of amides is 1. The first-order valence-electron chi connectivity index (χ1n) is 5.56. The first-order valence-corrected chi connectivity index (χ1v) is 5.56. The molecule has 1 saturated heterocycles. The van der Waals surface area contributed by atoms with Gasteiger partial charge in [0.1, 0.15) is 5.82 Å². The van der Waals surface area contributed by atoms with E-state index in [2.05, 4.69) is 5.32 Å². The fourth-order valence-corrected chi connectivity index (χ4v) is 2.52. The van der Waals surface area contributed by atoms with Crippen LogP contribution in [0.3, 0.4) is 0 Å². The summed E-state index contributed by atoms with van der Waals surface area (Å²) in [5, 5.41) is 3.22. The molecule has 0 aliphatic carbocycles. The molecule has 2 aliphatic heterocycles. The van der Waals surface area contributed by atoms with Crippen molar-refractivity contribution in [3.8, 4) is 0 Å². The molecule has 3 nitrogen and oxygen atoms in total. The summed E-state index contributed by atoms with van der Waals surface area (Å²) in [6.45, 7) is 2.18. The number of nitrogens with one attached hydrogen (secondary N) is 1. The summed E-state index contributed by atoms with van der Waals surface area (Å²) in [4.78, 5) is 13.9. The summed E-state index contributed by atoms with van der Waals surface area (Å²) in [5.41, 5.74) is 1.09. The van der Waals surface area contributed by atoms with E-state index in [0.717, 1.165) is 19.5 Å². The van der Waals surface area contributed by atoms with Gasteiger partial charge in [0.2, 0.25) is 0 Å². The number of hydrogen-bond acceptors (Lipinski definition) is 2. The Morgan fingerprint density at radius 2 is 2.31 bits per heavy atom. The Hall–Kier alpha value is -1.42. The van der Waals surface area contributed by atoms with E-state index in [1.165, 1.54) is 6.07 Å². The molecule has 1 aromatic carbocycles. The molecule has 1 aromatic rings. The Kier molecular flexibility index (Phi) is 2.17. The van der Waals surface area contributed by atoms with Crippen molar-refractivity contribution in [3.05, 3.63) is 35.1 Å². The van der Waals surface area contributed by atoms with Crippen molar-refractivity contribution in [1.82, 2.24) is 10.2 Å². The number of hydrogen-bond donors (Lipinski definition) is 1. The fourth-order valence-electron chi connectivity index (χ4n) is 2.52. The number of benzene rings is 1. The topological polar surface area (TPSA) is 32.3 Å². The molecule has 0 radical (unpaired) electrons. The molecule has 0 aromatic heterocycles. The molecular formula is C12H13FN2O. The lowest BCUT2D eigenvalue weighted by Gasteiger charge is -2.22. The number of halogens is 1. The minimum atomic E-state index is -0.265. The van der Waals surface area contributed by atoms with E-state index in [4.69, 9.17) is 0 Å². The van der Waals surface area contributed by atoms with Crippen LogP contribution in [0, 0.1) is 5.82 Å². The van der Waals surface area contributed by atoms with Crippen LogP contribution in [-0.4, -0.2) is 29.9 Å². The smallest absolute Gasteiger partial charge is 0.254 e. The molecule has 3 rings (SSSR count). The number of fused-ring (bicyclic) bond motifs is 1. The van der Waals surface area contributed by atoms with E-state index in [9.17, 15) is 9.18 Å². The zero-order valence-electron chi connectivity index (χ0n) is 8.87. The number of carbonyl (C=O) groups is 1. The van der Waals surface area contributed by atoms with E-state index >= 15 is 0 Å². The van der Waals surface area contributed by atoms with Gasteiger partial charge < -0.3 is 10.2 Å². The van der Waals surface area contributed by atoms with Gasteiger partial charge in [0.15, 0.2) is 0 Å². The van der Waals surface area contributed by atoms with Gasteiger partial charge in [-0.05, 0) is 25.1 Å². The quantitative estimate of drug-likeness (QED) is 0.769. The van der Waals surface area contributed by atoms with Crippen molar-refractivity contribution in [2.45, 2.75) is 19.0 Å². The Morgan fingerprint density at radius 1 is 1.44 bits per heavy atom. The van der Waals surface area contributed by atoms with Gasteiger partial charge in [0, 0.05) is 23.7 Å². The second-order valence-electron chi connectivity index (χ2n) is 4.35.